The molecule has 1 N–H and O–H groups in total. The molecule has 0 bridgehead atoms. The molecule has 2 aromatic carbocycles. The van der Waals surface area contributed by atoms with Crippen LogP contribution in [-0.2, 0) is 11.3 Å². The smallest absolute Gasteiger partial charge is 0.228 e. The highest BCUT2D eigenvalue weighted by Gasteiger charge is 2.26. The Balaban J connectivity index is 1.56. The first-order valence-electron chi connectivity index (χ1n) is 9.54. The minimum atomic E-state index is -0.00664. The van der Waals surface area contributed by atoms with Crippen LogP contribution in [-0.4, -0.2) is 30.0 Å². The molecule has 0 aromatic heterocycles. The van der Waals surface area contributed by atoms with E-state index in [0.29, 0.717) is 0 Å². The zero-order chi connectivity index (χ0) is 19.2. The molecule has 1 aliphatic rings. The molecule has 1 atom stereocenters. The molecular formula is C22H27ClN2O2. The summed E-state index contributed by atoms with van der Waals surface area (Å²) in [5.41, 5.74) is 1.92. The molecule has 3 rings (SSSR count). The van der Waals surface area contributed by atoms with E-state index >= 15 is 0 Å². The number of ether oxygens (including phenoxy) is 1. The van der Waals surface area contributed by atoms with Crippen molar-refractivity contribution < 1.29 is 9.53 Å². The Hall–Kier alpha value is -2.04. The molecular weight excluding hydrogens is 360 g/mol. The van der Waals surface area contributed by atoms with Crippen LogP contribution >= 0.6 is 11.6 Å². The third kappa shape index (κ3) is 5.72. The van der Waals surface area contributed by atoms with E-state index in [1.54, 1.807) is 0 Å². The summed E-state index contributed by atoms with van der Waals surface area (Å²) in [6, 6.07) is 15.5. The molecule has 0 spiro atoms. The van der Waals surface area contributed by atoms with Gasteiger partial charge in [0.2, 0.25) is 5.91 Å². The number of anilines is 1. The van der Waals surface area contributed by atoms with Gasteiger partial charge >= 0.3 is 0 Å². The van der Waals surface area contributed by atoms with E-state index in [-0.39, 0.29) is 17.9 Å². The Kier molecular flexibility index (Phi) is 6.75. The molecule has 27 heavy (non-hydrogen) atoms. The standard InChI is InChI=1S/C22H27ClN2O2/c1-16(2)27-20-11-9-19(10-12-20)24-22(26)18-7-5-13-25(15-18)14-17-6-3-4-8-21(17)23/h3-4,6,8-12,16,18H,5,7,13-15H2,1-2H3,(H,24,26)/t18-/m1/s1. The van der Waals surface area contributed by atoms with Gasteiger partial charge in [0, 0.05) is 23.8 Å². The van der Waals surface area contributed by atoms with Gasteiger partial charge in [0.15, 0.2) is 0 Å². The van der Waals surface area contributed by atoms with Gasteiger partial charge in [0.05, 0.1) is 12.0 Å². The third-order valence-corrected chi connectivity index (χ3v) is 5.09. The molecule has 1 heterocycles. The van der Waals surface area contributed by atoms with Crippen molar-refractivity contribution >= 4 is 23.2 Å². The van der Waals surface area contributed by atoms with Crippen molar-refractivity contribution in [3.8, 4) is 5.75 Å². The van der Waals surface area contributed by atoms with E-state index in [9.17, 15) is 4.79 Å². The fraction of sp³-hybridized carbons (Fsp3) is 0.409. The maximum atomic E-state index is 12.7. The van der Waals surface area contributed by atoms with E-state index in [1.165, 1.54) is 0 Å². The lowest BCUT2D eigenvalue weighted by Crippen LogP contribution is -2.40. The van der Waals surface area contributed by atoms with Crippen molar-refractivity contribution in [1.29, 1.82) is 0 Å². The molecule has 0 unspecified atom stereocenters. The Morgan fingerprint density at radius 2 is 1.96 bits per heavy atom. The van der Waals surface area contributed by atoms with Gasteiger partial charge in [-0.15, -0.1) is 0 Å². The minimum Gasteiger partial charge on any atom is -0.491 e. The summed E-state index contributed by atoms with van der Waals surface area (Å²) in [7, 11) is 0. The van der Waals surface area contributed by atoms with Crippen molar-refractivity contribution in [2.75, 3.05) is 18.4 Å². The second-order valence-electron chi connectivity index (χ2n) is 7.35. The summed E-state index contributed by atoms with van der Waals surface area (Å²) < 4.78 is 5.64. The number of carbonyl (C=O) groups excluding carboxylic acids is 1. The first-order chi connectivity index (χ1) is 13.0. The molecule has 4 nitrogen and oxygen atoms in total. The number of amides is 1. The lowest BCUT2D eigenvalue weighted by molar-refractivity contribution is -0.121. The van der Waals surface area contributed by atoms with Crippen molar-refractivity contribution in [2.45, 2.75) is 39.3 Å². The second-order valence-corrected chi connectivity index (χ2v) is 7.75. The van der Waals surface area contributed by atoms with E-state index in [4.69, 9.17) is 16.3 Å². The lowest BCUT2D eigenvalue weighted by Gasteiger charge is -2.32. The van der Waals surface area contributed by atoms with Crippen LogP contribution in [0, 0.1) is 5.92 Å². The van der Waals surface area contributed by atoms with E-state index in [1.807, 2.05) is 62.4 Å². The summed E-state index contributed by atoms with van der Waals surface area (Å²) in [5, 5.41) is 3.83. The number of rotatable bonds is 6. The molecule has 1 saturated heterocycles. The lowest BCUT2D eigenvalue weighted by atomic mass is 9.96. The number of nitrogens with one attached hydrogen (secondary N) is 1. The van der Waals surface area contributed by atoms with Gasteiger partial charge in [-0.2, -0.15) is 0 Å². The fourth-order valence-electron chi connectivity index (χ4n) is 3.41. The average Bonchev–Trinajstić information content (AvgIpc) is 2.65. The Bertz CT molecular complexity index is 761. The summed E-state index contributed by atoms with van der Waals surface area (Å²) in [6.07, 6.45) is 2.07. The summed E-state index contributed by atoms with van der Waals surface area (Å²) in [6.45, 7) is 6.52. The second kappa shape index (κ2) is 9.25. The van der Waals surface area contributed by atoms with Crippen LogP contribution in [0.4, 0.5) is 5.69 Å². The number of piperidine rings is 1. The Labute approximate surface area is 166 Å². The molecule has 1 fully saturated rings. The number of benzene rings is 2. The van der Waals surface area contributed by atoms with Gasteiger partial charge in [-0.1, -0.05) is 29.8 Å². The summed E-state index contributed by atoms with van der Waals surface area (Å²) >= 11 is 6.28. The molecule has 5 heteroatoms. The van der Waals surface area contributed by atoms with Gasteiger partial charge in [0.1, 0.15) is 5.75 Å². The highest BCUT2D eigenvalue weighted by Crippen LogP contribution is 2.24. The quantitative estimate of drug-likeness (QED) is 0.761. The molecule has 0 saturated carbocycles. The van der Waals surface area contributed by atoms with Crippen molar-refractivity contribution in [3.05, 3.63) is 59.1 Å². The van der Waals surface area contributed by atoms with E-state index in [2.05, 4.69) is 10.2 Å². The number of nitrogens with zero attached hydrogens (tertiary/aromatic N) is 1. The normalized spacial score (nSPS) is 17.7. The number of hydrogen-bond donors (Lipinski definition) is 1. The van der Waals surface area contributed by atoms with Crippen LogP contribution in [0.25, 0.3) is 0 Å². The zero-order valence-electron chi connectivity index (χ0n) is 16.0. The minimum absolute atomic E-state index is 0.00664. The maximum Gasteiger partial charge on any atom is 0.228 e. The topological polar surface area (TPSA) is 41.6 Å². The number of halogens is 1. The van der Waals surface area contributed by atoms with E-state index in [0.717, 1.165) is 54.5 Å². The first-order valence-corrected chi connectivity index (χ1v) is 9.92. The first kappa shape index (κ1) is 19.7. The number of likely N-dealkylation sites (tertiary alicyclic amines) is 1. The van der Waals surface area contributed by atoms with Crippen molar-refractivity contribution in [2.24, 2.45) is 5.92 Å². The zero-order valence-corrected chi connectivity index (χ0v) is 16.7. The molecule has 1 aliphatic heterocycles. The number of carbonyl (C=O) groups is 1. The average molecular weight is 387 g/mol. The predicted octanol–water partition coefficient (Wildman–Crippen LogP) is 4.98. The van der Waals surface area contributed by atoms with Crippen LogP contribution in [0.2, 0.25) is 5.02 Å². The highest BCUT2D eigenvalue weighted by atomic mass is 35.5. The largest absolute Gasteiger partial charge is 0.491 e. The van der Waals surface area contributed by atoms with Crippen LogP contribution in [0.15, 0.2) is 48.5 Å². The highest BCUT2D eigenvalue weighted by molar-refractivity contribution is 6.31. The molecule has 2 aromatic rings. The molecule has 1 amide bonds. The summed E-state index contributed by atoms with van der Waals surface area (Å²) in [5.74, 6) is 0.885. The van der Waals surface area contributed by atoms with Gasteiger partial charge in [-0.3, -0.25) is 9.69 Å². The Morgan fingerprint density at radius 3 is 2.67 bits per heavy atom. The maximum absolute atomic E-state index is 12.7. The predicted molar refractivity (Wildman–Crippen MR) is 110 cm³/mol. The monoisotopic (exact) mass is 386 g/mol. The molecule has 144 valence electrons. The van der Waals surface area contributed by atoms with Gasteiger partial charge in [0.25, 0.3) is 0 Å². The summed E-state index contributed by atoms with van der Waals surface area (Å²) in [4.78, 5) is 15.0. The van der Waals surface area contributed by atoms with E-state index < -0.39 is 0 Å². The van der Waals surface area contributed by atoms with Crippen LogP contribution in [0.3, 0.4) is 0 Å². The fourth-order valence-corrected chi connectivity index (χ4v) is 3.61. The SMILES string of the molecule is CC(C)Oc1ccc(NC(=O)[C@@H]2CCCN(Cc3ccccc3Cl)C2)cc1. The van der Waals surface area contributed by atoms with Crippen LogP contribution in [0.1, 0.15) is 32.3 Å². The molecule has 0 aliphatic carbocycles. The van der Waals surface area contributed by atoms with Crippen molar-refractivity contribution in [3.63, 3.8) is 0 Å². The van der Waals surface area contributed by atoms with Crippen molar-refractivity contribution in [1.82, 2.24) is 4.90 Å². The third-order valence-electron chi connectivity index (χ3n) is 4.72. The van der Waals surface area contributed by atoms with Crippen LogP contribution < -0.4 is 10.1 Å². The van der Waals surface area contributed by atoms with Gasteiger partial charge in [-0.25, -0.2) is 0 Å². The Morgan fingerprint density at radius 1 is 1.22 bits per heavy atom. The van der Waals surface area contributed by atoms with Gasteiger partial charge < -0.3 is 10.1 Å². The molecule has 0 radical (unpaired) electrons. The number of hydrogen-bond acceptors (Lipinski definition) is 3. The van der Waals surface area contributed by atoms with Gasteiger partial charge in [-0.05, 0) is 69.1 Å². The van der Waals surface area contributed by atoms with Crippen LogP contribution in [0.5, 0.6) is 5.75 Å².